The number of sulfonamides is 1. The Labute approximate surface area is 199 Å². The summed E-state index contributed by atoms with van der Waals surface area (Å²) < 4.78 is 40.9. The Bertz CT molecular complexity index is 1080. The number of halogens is 2. The summed E-state index contributed by atoms with van der Waals surface area (Å²) in [5.74, 6) is -1.36. The third kappa shape index (κ3) is 7.25. The maximum Gasteiger partial charge on any atom is 0.243 e. The predicted octanol–water partition coefficient (Wildman–Crippen LogP) is 3.29. The van der Waals surface area contributed by atoms with Gasteiger partial charge in [-0.15, -0.1) is 0 Å². The Morgan fingerprint density at radius 1 is 1.06 bits per heavy atom. The van der Waals surface area contributed by atoms with Gasteiger partial charge in [0.05, 0.1) is 11.4 Å². The molecule has 7 nitrogen and oxygen atoms in total. The molecule has 2 aromatic carbocycles. The van der Waals surface area contributed by atoms with Crippen LogP contribution in [0.3, 0.4) is 0 Å². The van der Waals surface area contributed by atoms with Crippen molar-refractivity contribution in [3.8, 4) is 0 Å². The first kappa shape index (κ1) is 26.8. The summed E-state index contributed by atoms with van der Waals surface area (Å²) in [4.78, 5) is 27.0. The lowest BCUT2D eigenvalue weighted by Crippen LogP contribution is -2.51. The van der Waals surface area contributed by atoms with E-state index in [0.29, 0.717) is 11.6 Å². The van der Waals surface area contributed by atoms with Gasteiger partial charge in [0.15, 0.2) is 0 Å². The zero-order valence-corrected chi connectivity index (χ0v) is 20.7. The first-order valence-corrected chi connectivity index (χ1v) is 12.3. The van der Waals surface area contributed by atoms with Gasteiger partial charge in [-0.25, -0.2) is 12.8 Å². The average Bonchev–Trinajstić information content (AvgIpc) is 2.76. The molecule has 0 aliphatic heterocycles. The average molecular weight is 498 g/mol. The minimum atomic E-state index is -3.98. The van der Waals surface area contributed by atoms with Gasteiger partial charge in [-0.05, 0) is 43.2 Å². The van der Waals surface area contributed by atoms with Crippen LogP contribution >= 0.6 is 11.6 Å². The highest BCUT2D eigenvalue weighted by Crippen LogP contribution is 2.19. The highest BCUT2D eigenvalue weighted by molar-refractivity contribution is 7.89. The van der Waals surface area contributed by atoms with E-state index in [9.17, 15) is 22.4 Å². The van der Waals surface area contributed by atoms with Crippen LogP contribution < -0.4 is 5.32 Å². The zero-order chi connectivity index (χ0) is 24.8. The van der Waals surface area contributed by atoms with Crippen molar-refractivity contribution in [1.29, 1.82) is 0 Å². The highest BCUT2D eigenvalue weighted by Gasteiger charge is 2.30. The SMILES string of the molecule is CC(C)CNC(=O)[C@H](C)N(Cc1ccccc1F)C(=O)CN(C)S(=O)(=O)c1ccc(Cl)cc1. The largest absolute Gasteiger partial charge is 0.354 e. The number of rotatable bonds is 10. The monoisotopic (exact) mass is 497 g/mol. The van der Waals surface area contributed by atoms with Crippen LogP contribution in [0, 0.1) is 11.7 Å². The van der Waals surface area contributed by atoms with E-state index < -0.39 is 40.2 Å². The van der Waals surface area contributed by atoms with E-state index in [-0.39, 0.29) is 22.9 Å². The van der Waals surface area contributed by atoms with Crippen molar-refractivity contribution in [3.05, 3.63) is 64.9 Å². The van der Waals surface area contributed by atoms with Gasteiger partial charge in [0, 0.05) is 30.7 Å². The molecule has 2 rings (SSSR count). The van der Waals surface area contributed by atoms with Gasteiger partial charge in [-0.2, -0.15) is 4.31 Å². The molecule has 0 aliphatic rings. The van der Waals surface area contributed by atoms with Gasteiger partial charge < -0.3 is 10.2 Å². The van der Waals surface area contributed by atoms with Crippen molar-refractivity contribution >= 4 is 33.4 Å². The van der Waals surface area contributed by atoms with E-state index >= 15 is 0 Å². The number of carbonyl (C=O) groups excluding carboxylic acids is 2. The van der Waals surface area contributed by atoms with Crippen molar-refractivity contribution in [3.63, 3.8) is 0 Å². The molecule has 0 aromatic heterocycles. The number of hydrogen-bond donors (Lipinski definition) is 1. The smallest absolute Gasteiger partial charge is 0.243 e. The molecular weight excluding hydrogens is 469 g/mol. The molecule has 0 saturated carbocycles. The van der Waals surface area contributed by atoms with Gasteiger partial charge in [0.2, 0.25) is 21.8 Å². The molecule has 2 aromatic rings. The maximum absolute atomic E-state index is 14.3. The Morgan fingerprint density at radius 3 is 2.24 bits per heavy atom. The first-order chi connectivity index (χ1) is 15.4. The molecule has 33 heavy (non-hydrogen) atoms. The molecule has 0 bridgehead atoms. The van der Waals surface area contributed by atoms with Crippen LogP contribution in [-0.4, -0.2) is 55.6 Å². The fraction of sp³-hybridized carbons (Fsp3) is 0.391. The number of benzene rings is 2. The Morgan fingerprint density at radius 2 is 1.67 bits per heavy atom. The third-order valence-electron chi connectivity index (χ3n) is 5.03. The van der Waals surface area contributed by atoms with Crippen molar-refractivity contribution in [1.82, 2.24) is 14.5 Å². The molecule has 0 aliphatic carbocycles. The molecule has 180 valence electrons. The number of amides is 2. The topological polar surface area (TPSA) is 86.8 Å². The molecule has 10 heteroatoms. The summed E-state index contributed by atoms with van der Waals surface area (Å²) >= 11 is 5.83. The molecule has 0 spiro atoms. The van der Waals surface area contributed by atoms with Crippen molar-refractivity contribution in [2.24, 2.45) is 5.92 Å². The van der Waals surface area contributed by atoms with E-state index in [1.807, 2.05) is 13.8 Å². The molecule has 0 heterocycles. The van der Waals surface area contributed by atoms with Gasteiger partial charge in [-0.1, -0.05) is 43.6 Å². The lowest BCUT2D eigenvalue weighted by molar-refractivity contribution is -0.140. The maximum atomic E-state index is 14.3. The summed E-state index contributed by atoms with van der Waals surface area (Å²) in [6, 6.07) is 10.6. The van der Waals surface area contributed by atoms with Gasteiger partial charge in [0.25, 0.3) is 0 Å². The number of carbonyl (C=O) groups is 2. The summed E-state index contributed by atoms with van der Waals surface area (Å²) in [5, 5.41) is 3.14. The van der Waals surface area contributed by atoms with E-state index in [2.05, 4.69) is 5.32 Å². The Kier molecular flexibility index (Phi) is 9.39. The van der Waals surface area contributed by atoms with Crippen molar-refractivity contribution in [2.45, 2.75) is 38.3 Å². The minimum Gasteiger partial charge on any atom is -0.354 e. The van der Waals surface area contributed by atoms with Crippen LogP contribution in [0.2, 0.25) is 5.02 Å². The van der Waals surface area contributed by atoms with Crippen molar-refractivity contribution < 1.29 is 22.4 Å². The summed E-state index contributed by atoms with van der Waals surface area (Å²) in [6.45, 7) is 5.10. The molecule has 0 saturated heterocycles. The van der Waals surface area contributed by atoms with Gasteiger partial charge in [-0.3, -0.25) is 9.59 Å². The highest BCUT2D eigenvalue weighted by atomic mass is 35.5. The molecule has 1 atom stereocenters. The second-order valence-corrected chi connectivity index (χ2v) is 10.6. The molecule has 0 fully saturated rings. The standard InChI is InChI=1S/C23H29ClFN3O4S/c1-16(2)13-26-23(30)17(3)28(14-18-7-5-6-8-21(18)25)22(29)15-27(4)33(31,32)20-11-9-19(24)10-12-20/h5-12,16-17H,13-15H2,1-4H3,(H,26,30)/t17-/m0/s1. The predicted molar refractivity (Wildman–Crippen MR) is 126 cm³/mol. The number of likely N-dealkylation sites (N-methyl/N-ethyl adjacent to an activating group) is 1. The summed E-state index contributed by atoms with van der Waals surface area (Å²) in [5.41, 5.74) is 0.220. The second-order valence-electron chi connectivity index (χ2n) is 8.14. The number of hydrogen-bond acceptors (Lipinski definition) is 4. The van der Waals surface area contributed by atoms with E-state index in [0.717, 1.165) is 4.31 Å². The molecule has 0 radical (unpaired) electrons. The lowest BCUT2D eigenvalue weighted by atomic mass is 10.1. The van der Waals surface area contributed by atoms with Crippen LogP contribution in [0.5, 0.6) is 0 Å². The summed E-state index contributed by atoms with van der Waals surface area (Å²) in [7, 11) is -2.71. The molecule has 2 amide bonds. The summed E-state index contributed by atoms with van der Waals surface area (Å²) in [6.07, 6.45) is 0. The minimum absolute atomic E-state index is 0.0226. The molecule has 1 N–H and O–H groups in total. The Hall–Kier alpha value is -2.49. The van der Waals surface area contributed by atoms with E-state index in [1.54, 1.807) is 6.07 Å². The normalized spacial score (nSPS) is 12.6. The van der Waals surface area contributed by atoms with Gasteiger partial charge >= 0.3 is 0 Å². The van der Waals surface area contributed by atoms with Crippen LogP contribution in [0.25, 0.3) is 0 Å². The van der Waals surface area contributed by atoms with E-state index in [1.165, 1.54) is 61.3 Å². The van der Waals surface area contributed by atoms with Crippen LogP contribution in [0.4, 0.5) is 4.39 Å². The Balaban J connectivity index is 2.27. The molecular formula is C23H29ClFN3O4S. The van der Waals surface area contributed by atoms with E-state index in [4.69, 9.17) is 11.6 Å². The fourth-order valence-corrected chi connectivity index (χ4v) is 4.24. The number of nitrogens with zero attached hydrogens (tertiary/aromatic N) is 2. The first-order valence-electron chi connectivity index (χ1n) is 10.5. The van der Waals surface area contributed by atoms with Crippen molar-refractivity contribution in [2.75, 3.05) is 20.1 Å². The lowest BCUT2D eigenvalue weighted by Gasteiger charge is -2.30. The second kappa shape index (κ2) is 11.6. The van der Waals surface area contributed by atoms with Crippen LogP contribution in [0.1, 0.15) is 26.3 Å². The van der Waals surface area contributed by atoms with Crippen LogP contribution in [0.15, 0.2) is 53.4 Å². The van der Waals surface area contributed by atoms with Crippen LogP contribution in [-0.2, 0) is 26.2 Å². The number of nitrogens with one attached hydrogen (secondary N) is 1. The van der Waals surface area contributed by atoms with Gasteiger partial charge in [0.1, 0.15) is 11.9 Å². The molecule has 0 unspecified atom stereocenters. The zero-order valence-electron chi connectivity index (χ0n) is 19.1. The fourth-order valence-electron chi connectivity index (χ4n) is 3.00. The third-order valence-corrected chi connectivity index (χ3v) is 7.10. The quantitative estimate of drug-likeness (QED) is 0.545.